The molecule has 32 heavy (non-hydrogen) atoms. The fourth-order valence-corrected chi connectivity index (χ4v) is 4.72. The summed E-state index contributed by atoms with van der Waals surface area (Å²) in [7, 11) is -0.623. The van der Waals surface area contributed by atoms with Crippen LogP contribution in [0.15, 0.2) is 65.8 Å². The van der Waals surface area contributed by atoms with Crippen LogP contribution < -0.4 is 14.2 Å². The molecule has 166 valence electrons. The molecule has 0 unspecified atom stereocenters. The molecule has 3 aromatic carbocycles. The molecule has 0 spiro atoms. The molecule has 0 aliphatic carbocycles. The zero-order valence-corrected chi connectivity index (χ0v) is 19.2. The van der Waals surface area contributed by atoms with Crippen molar-refractivity contribution in [1.29, 1.82) is 0 Å². The molecular formula is C24H25N3O4S. The largest absolute Gasteiger partial charge is 0.497 e. The highest BCUT2D eigenvalue weighted by Gasteiger charge is 2.20. The third-order valence-electron chi connectivity index (χ3n) is 5.53. The number of fused-ring (bicyclic) bond motifs is 1. The molecule has 0 fully saturated rings. The number of nitrogens with zero attached hydrogens (tertiary/aromatic N) is 2. The van der Waals surface area contributed by atoms with E-state index >= 15 is 0 Å². The lowest BCUT2D eigenvalue weighted by Gasteiger charge is -2.14. The van der Waals surface area contributed by atoms with Gasteiger partial charge in [0.05, 0.1) is 36.6 Å². The van der Waals surface area contributed by atoms with Crippen molar-refractivity contribution < 1.29 is 17.9 Å². The highest BCUT2D eigenvalue weighted by Crippen LogP contribution is 2.32. The molecule has 0 amide bonds. The number of imidazole rings is 1. The number of ether oxygens (including phenoxy) is 2. The highest BCUT2D eigenvalue weighted by atomic mass is 32.2. The van der Waals surface area contributed by atoms with Crippen LogP contribution in [-0.2, 0) is 16.6 Å². The topological polar surface area (TPSA) is 82.5 Å². The van der Waals surface area contributed by atoms with E-state index in [1.807, 2.05) is 48.7 Å². The summed E-state index contributed by atoms with van der Waals surface area (Å²) >= 11 is 0. The molecule has 0 bridgehead atoms. The summed E-state index contributed by atoms with van der Waals surface area (Å²) in [5, 5.41) is 0. The number of aryl methyl sites for hydroxylation is 1. The maximum absolute atomic E-state index is 13.1. The SMILES string of the molecule is COc1ccc(S(=O)(=O)Nc2c(C)c(C)cc3c2ncn3Cc2cccc(OC)c2)cc1. The summed E-state index contributed by atoms with van der Waals surface area (Å²) in [6, 6.07) is 16.1. The first-order chi connectivity index (χ1) is 15.3. The van der Waals surface area contributed by atoms with Crippen LogP contribution in [0.5, 0.6) is 11.5 Å². The van der Waals surface area contributed by atoms with Crippen molar-refractivity contribution in [3.63, 3.8) is 0 Å². The molecule has 0 radical (unpaired) electrons. The third-order valence-corrected chi connectivity index (χ3v) is 6.89. The van der Waals surface area contributed by atoms with E-state index in [-0.39, 0.29) is 4.90 Å². The van der Waals surface area contributed by atoms with E-state index in [1.165, 1.54) is 19.2 Å². The van der Waals surface area contributed by atoms with Crippen molar-refractivity contribution in [3.05, 3.63) is 77.6 Å². The molecule has 7 nitrogen and oxygen atoms in total. The van der Waals surface area contributed by atoms with Gasteiger partial charge in [0.15, 0.2) is 0 Å². The molecule has 0 saturated carbocycles. The van der Waals surface area contributed by atoms with Crippen molar-refractivity contribution in [3.8, 4) is 11.5 Å². The van der Waals surface area contributed by atoms with Gasteiger partial charge in [0.25, 0.3) is 10.0 Å². The van der Waals surface area contributed by atoms with Crippen molar-refractivity contribution >= 4 is 26.7 Å². The number of methoxy groups -OCH3 is 2. The predicted molar refractivity (Wildman–Crippen MR) is 125 cm³/mol. The van der Waals surface area contributed by atoms with Gasteiger partial charge in [-0.3, -0.25) is 4.72 Å². The summed E-state index contributed by atoms with van der Waals surface area (Å²) in [5.74, 6) is 1.38. The summed E-state index contributed by atoms with van der Waals surface area (Å²) < 4.78 is 41.3. The smallest absolute Gasteiger partial charge is 0.261 e. The average Bonchev–Trinajstić information content (AvgIpc) is 3.19. The van der Waals surface area contributed by atoms with Gasteiger partial charge in [-0.15, -0.1) is 0 Å². The predicted octanol–water partition coefficient (Wildman–Crippen LogP) is 4.52. The van der Waals surface area contributed by atoms with Crippen molar-refractivity contribution in [2.24, 2.45) is 0 Å². The zero-order valence-electron chi connectivity index (χ0n) is 18.4. The Bertz CT molecular complexity index is 1380. The maximum atomic E-state index is 13.1. The Balaban J connectivity index is 1.74. The van der Waals surface area contributed by atoms with Crippen LogP contribution in [0.2, 0.25) is 0 Å². The van der Waals surface area contributed by atoms with Crippen LogP contribution >= 0.6 is 0 Å². The third kappa shape index (κ3) is 4.13. The monoisotopic (exact) mass is 451 g/mol. The number of anilines is 1. The van der Waals surface area contributed by atoms with E-state index in [2.05, 4.69) is 9.71 Å². The molecule has 8 heteroatoms. The van der Waals surface area contributed by atoms with Crippen LogP contribution in [-0.4, -0.2) is 32.2 Å². The average molecular weight is 452 g/mol. The van der Waals surface area contributed by atoms with Gasteiger partial charge in [0, 0.05) is 6.54 Å². The lowest BCUT2D eigenvalue weighted by molar-refractivity contribution is 0.414. The van der Waals surface area contributed by atoms with E-state index in [0.717, 1.165) is 28.0 Å². The number of nitrogens with one attached hydrogen (secondary N) is 1. The number of hydrogen-bond donors (Lipinski definition) is 1. The van der Waals surface area contributed by atoms with Crippen LogP contribution in [0.3, 0.4) is 0 Å². The molecular weight excluding hydrogens is 426 g/mol. The lowest BCUT2D eigenvalue weighted by Crippen LogP contribution is -2.14. The second-order valence-corrected chi connectivity index (χ2v) is 9.25. The van der Waals surface area contributed by atoms with Crippen LogP contribution in [0, 0.1) is 13.8 Å². The van der Waals surface area contributed by atoms with Gasteiger partial charge in [-0.25, -0.2) is 13.4 Å². The Morgan fingerprint density at radius 2 is 1.69 bits per heavy atom. The minimum atomic E-state index is -3.80. The standard InChI is InChI=1S/C24H25N3O4S/c1-16-12-22-24(25-15-27(22)14-18-6-5-7-20(13-18)31-4)23(17(16)2)26-32(28,29)21-10-8-19(30-3)9-11-21/h5-13,15,26H,14H2,1-4H3. The molecule has 0 aliphatic rings. The van der Waals surface area contributed by atoms with E-state index in [4.69, 9.17) is 9.47 Å². The van der Waals surface area contributed by atoms with Gasteiger partial charge in [-0.2, -0.15) is 0 Å². The van der Waals surface area contributed by atoms with Crippen LogP contribution in [0.25, 0.3) is 11.0 Å². The first-order valence-electron chi connectivity index (χ1n) is 10.1. The summed E-state index contributed by atoms with van der Waals surface area (Å²) in [6.07, 6.45) is 1.73. The van der Waals surface area contributed by atoms with Gasteiger partial charge in [0.1, 0.15) is 17.0 Å². The number of sulfonamides is 1. The quantitative estimate of drug-likeness (QED) is 0.447. The fourth-order valence-electron chi connectivity index (χ4n) is 3.59. The fraction of sp³-hybridized carbons (Fsp3) is 0.208. The Hall–Kier alpha value is -3.52. The summed E-state index contributed by atoms with van der Waals surface area (Å²) in [6.45, 7) is 4.44. The molecule has 1 N–H and O–H groups in total. The molecule has 0 saturated heterocycles. The summed E-state index contributed by atoms with van der Waals surface area (Å²) in [4.78, 5) is 4.71. The number of rotatable bonds is 7. The highest BCUT2D eigenvalue weighted by molar-refractivity contribution is 7.92. The normalized spacial score (nSPS) is 11.5. The second kappa shape index (κ2) is 8.55. The van der Waals surface area contributed by atoms with E-state index in [9.17, 15) is 8.42 Å². The Morgan fingerprint density at radius 1 is 0.969 bits per heavy atom. The molecule has 1 heterocycles. The van der Waals surface area contributed by atoms with Crippen LogP contribution in [0.4, 0.5) is 5.69 Å². The minimum Gasteiger partial charge on any atom is -0.497 e. The Kier molecular flexibility index (Phi) is 5.80. The van der Waals surface area contributed by atoms with Gasteiger partial charge in [0.2, 0.25) is 0 Å². The molecule has 0 atom stereocenters. The van der Waals surface area contributed by atoms with E-state index < -0.39 is 10.0 Å². The van der Waals surface area contributed by atoms with Gasteiger partial charge < -0.3 is 14.0 Å². The van der Waals surface area contributed by atoms with Crippen molar-refractivity contribution in [2.45, 2.75) is 25.3 Å². The molecule has 0 aliphatic heterocycles. The van der Waals surface area contributed by atoms with Gasteiger partial charge in [-0.05, 0) is 73.0 Å². The minimum absolute atomic E-state index is 0.156. The molecule has 4 aromatic rings. The lowest BCUT2D eigenvalue weighted by atomic mass is 10.1. The van der Waals surface area contributed by atoms with Gasteiger partial charge >= 0.3 is 0 Å². The number of benzene rings is 3. The molecule has 4 rings (SSSR count). The first kappa shape index (κ1) is 21.7. The number of aromatic nitrogens is 2. The molecule has 1 aromatic heterocycles. The van der Waals surface area contributed by atoms with Gasteiger partial charge in [-0.1, -0.05) is 12.1 Å². The Labute approximate surface area is 187 Å². The van der Waals surface area contributed by atoms with Crippen molar-refractivity contribution in [1.82, 2.24) is 9.55 Å². The van der Waals surface area contributed by atoms with Crippen LogP contribution in [0.1, 0.15) is 16.7 Å². The first-order valence-corrected chi connectivity index (χ1v) is 11.6. The second-order valence-electron chi connectivity index (χ2n) is 7.57. The van der Waals surface area contributed by atoms with E-state index in [1.54, 1.807) is 25.6 Å². The Morgan fingerprint density at radius 3 is 2.38 bits per heavy atom. The zero-order chi connectivity index (χ0) is 22.9. The maximum Gasteiger partial charge on any atom is 0.261 e. The number of hydrogen-bond acceptors (Lipinski definition) is 5. The van der Waals surface area contributed by atoms with Crippen molar-refractivity contribution in [2.75, 3.05) is 18.9 Å². The van der Waals surface area contributed by atoms with E-state index in [0.29, 0.717) is 23.5 Å². The summed E-state index contributed by atoms with van der Waals surface area (Å²) in [5.41, 5.74) is 4.80.